The highest BCUT2D eigenvalue weighted by Gasteiger charge is 2.35. The second kappa shape index (κ2) is 9.40. The number of fused-ring (bicyclic) bond motifs is 1. The van der Waals surface area contributed by atoms with Crippen LogP contribution in [-0.2, 0) is 0 Å². The average molecular weight is 407 g/mol. The molecule has 1 aliphatic heterocycles. The number of phenolic OH excluding ortho intramolecular Hbond substituents is 1. The molecular formula is C26H34N2O2. The van der Waals surface area contributed by atoms with E-state index in [2.05, 4.69) is 62.6 Å². The molecule has 160 valence electrons. The van der Waals surface area contributed by atoms with Gasteiger partial charge in [-0.05, 0) is 74.6 Å². The van der Waals surface area contributed by atoms with E-state index < -0.39 is 5.60 Å². The molecule has 0 radical (unpaired) electrons. The molecule has 0 aliphatic carbocycles. The fraction of sp³-hybridized carbons (Fsp3) is 0.385. The number of hydrogen-bond acceptors (Lipinski definition) is 4. The van der Waals surface area contributed by atoms with Gasteiger partial charge >= 0.3 is 0 Å². The number of aromatic hydroxyl groups is 1. The van der Waals surface area contributed by atoms with Crippen molar-refractivity contribution in [3.8, 4) is 11.5 Å². The summed E-state index contributed by atoms with van der Waals surface area (Å²) in [4.78, 5) is 2.25. The highest BCUT2D eigenvalue weighted by atomic mass is 16.5. The van der Waals surface area contributed by atoms with Crippen LogP contribution < -0.4 is 10.5 Å². The van der Waals surface area contributed by atoms with Crippen LogP contribution in [0.25, 0.3) is 11.3 Å². The van der Waals surface area contributed by atoms with E-state index in [1.807, 2.05) is 12.1 Å². The van der Waals surface area contributed by atoms with Crippen LogP contribution in [-0.4, -0.2) is 35.2 Å². The molecule has 0 aromatic heterocycles. The minimum Gasteiger partial charge on any atom is -0.507 e. The lowest BCUT2D eigenvalue weighted by atomic mass is 9.84. The van der Waals surface area contributed by atoms with Crippen molar-refractivity contribution < 1.29 is 9.84 Å². The predicted molar refractivity (Wildman–Crippen MR) is 126 cm³/mol. The molecule has 1 heterocycles. The first-order valence-corrected chi connectivity index (χ1v) is 11.0. The topological polar surface area (TPSA) is 58.7 Å². The third-order valence-electron chi connectivity index (χ3n) is 6.07. The van der Waals surface area contributed by atoms with E-state index >= 15 is 0 Å². The first-order chi connectivity index (χ1) is 14.5. The average Bonchev–Trinajstić information content (AvgIpc) is 2.78. The van der Waals surface area contributed by atoms with Crippen molar-refractivity contribution in [3.63, 3.8) is 0 Å². The number of phenols is 1. The van der Waals surface area contributed by atoms with Gasteiger partial charge in [0.1, 0.15) is 17.1 Å². The molecule has 3 N–H and O–H groups in total. The Bertz CT molecular complexity index is 913. The van der Waals surface area contributed by atoms with Crippen LogP contribution in [0.5, 0.6) is 11.5 Å². The van der Waals surface area contributed by atoms with Gasteiger partial charge < -0.3 is 20.5 Å². The normalized spacial score (nSPS) is 17.7. The first-order valence-electron chi connectivity index (χ1n) is 11.0. The van der Waals surface area contributed by atoms with Crippen molar-refractivity contribution in [1.82, 2.24) is 4.90 Å². The minimum absolute atomic E-state index is 0.235. The molecule has 0 saturated carbocycles. The summed E-state index contributed by atoms with van der Waals surface area (Å²) in [6.45, 7) is 13.2. The lowest BCUT2D eigenvalue weighted by Crippen LogP contribution is -2.36. The van der Waals surface area contributed by atoms with Gasteiger partial charge in [-0.25, -0.2) is 0 Å². The summed E-state index contributed by atoms with van der Waals surface area (Å²) in [6.07, 6.45) is 4.74. The quantitative estimate of drug-likeness (QED) is 0.584. The van der Waals surface area contributed by atoms with Crippen LogP contribution in [0.1, 0.15) is 56.7 Å². The molecule has 1 unspecified atom stereocenters. The van der Waals surface area contributed by atoms with Gasteiger partial charge in [-0.2, -0.15) is 0 Å². The summed E-state index contributed by atoms with van der Waals surface area (Å²) in [6, 6.07) is 13.9. The van der Waals surface area contributed by atoms with E-state index in [4.69, 9.17) is 10.5 Å². The second-order valence-corrected chi connectivity index (χ2v) is 7.82. The Morgan fingerprint density at radius 2 is 1.80 bits per heavy atom. The van der Waals surface area contributed by atoms with E-state index in [1.165, 1.54) is 0 Å². The monoisotopic (exact) mass is 406 g/mol. The Morgan fingerprint density at radius 3 is 2.40 bits per heavy atom. The summed E-state index contributed by atoms with van der Waals surface area (Å²) < 4.78 is 6.41. The third kappa shape index (κ3) is 4.24. The molecule has 0 spiro atoms. The number of rotatable bonds is 9. The van der Waals surface area contributed by atoms with Gasteiger partial charge in [-0.1, -0.05) is 43.8 Å². The summed E-state index contributed by atoms with van der Waals surface area (Å²) in [7, 11) is 0. The van der Waals surface area contributed by atoms with Gasteiger partial charge in [0.25, 0.3) is 0 Å². The first kappa shape index (κ1) is 22.0. The summed E-state index contributed by atoms with van der Waals surface area (Å²) in [5, 5.41) is 10.6. The smallest absolute Gasteiger partial charge is 0.132 e. The molecule has 0 bridgehead atoms. The van der Waals surface area contributed by atoms with Crippen molar-refractivity contribution in [2.75, 3.05) is 19.6 Å². The van der Waals surface area contributed by atoms with Gasteiger partial charge in [0.15, 0.2) is 0 Å². The zero-order chi connectivity index (χ0) is 21.7. The van der Waals surface area contributed by atoms with Gasteiger partial charge in [0.2, 0.25) is 0 Å². The molecule has 4 nitrogen and oxygen atoms in total. The number of ether oxygens (including phenoxy) is 1. The van der Waals surface area contributed by atoms with Crippen molar-refractivity contribution in [2.24, 2.45) is 5.73 Å². The Morgan fingerprint density at radius 1 is 1.10 bits per heavy atom. The third-order valence-corrected chi connectivity index (χ3v) is 6.07. The van der Waals surface area contributed by atoms with Gasteiger partial charge in [0.05, 0.1) is 5.56 Å². The lowest BCUT2D eigenvalue weighted by Gasteiger charge is -2.37. The van der Waals surface area contributed by atoms with E-state index in [1.54, 1.807) is 6.07 Å². The maximum absolute atomic E-state index is 10.6. The number of nitrogens with zero attached hydrogens (tertiary/aromatic N) is 1. The molecule has 3 rings (SSSR count). The maximum Gasteiger partial charge on any atom is 0.132 e. The molecule has 0 fully saturated rings. The molecule has 4 heteroatoms. The van der Waals surface area contributed by atoms with Crippen molar-refractivity contribution in [2.45, 2.75) is 45.6 Å². The molecule has 1 aliphatic rings. The largest absolute Gasteiger partial charge is 0.507 e. The van der Waals surface area contributed by atoms with Crippen LogP contribution in [0.3, 0.4) is 0 Å². The molecule has 2 aromatic rings. The Balaban J connectivity index is 2.05. The summed E-state index contributed by atoms with van der Waals surface area (Å²) >= 11 is 0. The zero-order valence-electron chi connectivity index (χ0n) is 18.4. The van der Waals surface area contributed by atoms with Crippen LogP contribution in [0.4, 0.5) is 0 Å². The molecule has 0 amide bonds. The number of benzene rings is 2. The highest BCUT2D eigenvalue weighted by Crippen LogP contribution is 2.46. The standard InChI is InChI=1S/C26H34N2O2/c1-5-26(16-9-17-27)18-22(25-23(29)10-8-11-24(25)30-26)21-14-12-20(13-15-21)19(4)28(6-2)7-3/h8,10-15,18,29H,4-7,9,16-17,27H2,1-3H3. The lowest BCUT2D eigenvalue weighted by molar-refractivity contribution is 0.1000. The van der Waals surface area contributed by atoms with Gasteiger partial charge in [-0.3, -0.25) is 0 Å². The molecule has 0 saturated heterocycles. The Kier molecular flexibility index (Phi) is 6.88. The van der Waals surface area contributed by atoms with E-state index in [-0.39, 0.29) is 5.75 Å². The van der Waals surface area contributed by atoms with Crippen LogP contribution in [0, 0.1) is 0 Å². The van der Waals surface area contributed by atoms with Gasteiger partial charge in [0, 0.05) is 18.8 Å². The zero-order valence-corrected chi connectivity index (χ0v) is 18.4. The van der Waals surface area contributed by atoms with Crippen LogP contribution in [0.2, 0.25) is 0 Å². The fourth-order valence-corrected chi connectivity index (χ4v) is 4.19. The van der Waals surface area contributed by atoms with Crippen molar-refractivity contribution in [3.05, 3.63) is 71.8 Å². The number of hydrogen-bond donors (Lipinski definition) is 2. The molecular weight excluding hydrogens is 372 g/mol. The van der Waals surface area contributed by atoms with Crippen molar-refractivity contribution in [1.29, 1.82) is 0 Å². The second-order valence-electron chi connectivity index (χ2n) is 7.82. The predicted octanol–water partition coefficient (Wildman–Crippen LogP) is 5.42. The van der Waals surface area contributed by atoms with Gasteiger partial charge in [-0.15, -0.1) is 0 Å². The van der Waals surface area contributed by atoms with Crippen LogP contribution >= 0.6 is 0 Å². The molecule has 2 aromatic carbocycles. The molecule has 1 atom stereocenters. The Labute approximate surface area is 180 Å². The molecule has 30 heavy (non-hydrogen) atoms. The van der Waals surface area contributed by atoms with Crippen LogP contribution in [0.15, 0.2) is 55.1 Å². The Hall–Kier alpha value is -2.72. The minimum atomic E-state index is -0.418. The SMILES string of the molecule is C=C(c1ccc(C2=CC(CC)(CCCN)Oc3cccc(O)c32)cc1)N(CC)CC. The fourth-order valence-electron chi connectivity index (χ4n) is 4.19. The highest BCUT2D eigenvalue weighted by molar-refractivity contribution is 5.88. The number of nitrogens with two attached hydrogens (primary N) is 1. The van der Waals surface area contributed by atoms with E-state index in [0.717, 1.165) is 66.1 Å². The summed E-state index contributed by atoms with van der Waals surface area (Å²) in [5.74, 6) is 0.960. The van der Waals surface area contributed by atoms with Crippen molar-refractivity contribution >= 4 is 11.3 Å². The maximum atomic E-state index is 10.6. The summed E-state index contributed by atoms with van der Waals surface area (Å²) in [5.41, 5.74) is 10.3. The van der Waals surface area contributed by atoms with E-state index in [9.17, 15) is 5.11 Å². The van der Waals surface area contributed by atoms with E-state index in [0.29, 0.717) is 6.54 Å².